The van der Waals surface area contributed by atoms with Crippen LogP contribution in [0.4, 0.5) is 46.0 Å². The molecule has 410 valence electrons. The summed E-state index contributed by atoms with van der Waals surface area (Å²) < 4.78 is 14.4. The van der Waals surface area contributed by atoms with Crippen molar-refractivity contribution in [2.45, 2.75) is 53.8 Å². The molecule has 0 radical (unpaired) electrons. The zero-order valence-corrected chi connectivity index (χ0v) is 46.9. The number of nitrogens with two attached hydrogens (primary N) is 1. The van der Waals surface area contributed by atoms with E-state index in [0.717, 1.165) is 63.9 Å². The van der Waals surface area contributed by atoms with Gasteiger partial charge < -0.3 is 45.4 Å². The van der Waals surface area contributed by atoms with Crippen molar-refractivity contribution in [3.63, 3.8) is 0 Å². The first kappa shape index (κ1) is 57.0. The monoisotopic (exact) mass is 1060 g/mol. The Bertz CT molecular complexity index is 3480. The Labute approximate surface area is 454 Å². The first-order chi connectivity index (χ1) is 37.0. The van der Waals surface area contributed by atoms with Gasteiger partial charge in [-0.3, -0.25) is 19.5 Å². The number of hydrogen-bond donors (Lipinski definition) is 3. The fraction of sp³-hybridized carbons (Fsp3) is 0.357. The van der Waals surface area contributed by atoms with Gasteiger partial charge in [-0.05, 0) is 111 Å². The predicted octanol–water partition coefficient (Wildman–Crippen LogP) is 8.78. The van der Waals surface area contributed by atoms with Gasteiger partial charge in [0.15, 0.2) is 0 Å². The molecule has 0 bridgehead atoms. The second kappa shape index (κ2) is 24.5. The van der Waals surface area contributed by atoms with Crippen molar-refractivity contribution in [1.29, 1.82) is 0 Å². The highest BCUT2D eigenvalue weighted by atomic mass is 16.6. The largest absolute Gasteiger partial charge is 0.459 e. The normalized spacial score (nSPS) is 11.4. The summed E-state index contributed by atoms with van der Waals surface area (Å²) >= 11 is 0. The molecule has 0 saturated heterocycles. The lowest BCUT2D eigenvalue weighted by atomic mass is 10.1. The number of fused-ring (bicyclic) bond motifs is 2. The number of aromatic nitrogens is 8. The minimum Gasteiger partial charge on any atom is -0.459 e. The number of nitro groups is 1. The standard InChI is InChI=1S/C28H34N8O4.C28H36N8O2/c1-17(2)40-27(37)20-16-29-28(31-25(20)26-19-10-8-9-11-22(19)35(7)32-26)30-21-15-24(36(38)39)23(14-18(21)3)34(6)13-12-33(4)5;1-17(2)38-27(37)20-16-30-28(32-25(20)26-19-10-8-9-11-23(19)36(7)33-26)31-22-15-21(29)24(14-18(22)3)35(6)13-12-34(4)5/h8-11,14-17H,12-13H2,1-7H3,(H,29,30,31);8-11,14-17H,12-13,29H2,1-7H3,(H,30,31,32). The summed E-state index contributed by atoms with van der Waals surface area (Å²) in [7, 11) is 15.5. The molecule has 0 spiro atoms. The number of nitrogens with one attached hydrogen (secondary N) is 2. The van der Waals surface area contributed by atoms with E-state index in [4.69, 9.17) is 20.2 Å². The predicted molar refractivity (Wildman–Crippen MR) is 308 cm³/mol. The molecule has 0 fully saturated rings. The summed E-state index contributed by atoms with van der Waals surface area (Å²) in [6.07, 6.45) is 2.26. The first-order valence-corrected chi connectivity index (χ1v) is 25.5. The van der Waals surface area contributed by atoms with Crippen molar-refractivity contribution in [3.8, 4) is 22.8 Å². The van der Waals surface area contributed by atoms with E-state index in [0.29, 0.717) is 52.3 Å². The van der Waals surface area contributed by atoms with Crippen LogP contribution in [0.5, 0.6) is 0 Å². The van der Waals surface area contributed by atoms with Crippen LogP contribution >= 0.6 is 0 Å². The summed E-state index contributed by atoms with van der Waals surface area (Å²) in [5.41, 5.74) is 15.5. The number of anilines is 7. The van der Waals surface area contributed by atoms with Gasteiger partial charge in [0.2, 0.25) is 11.9 Å². The molecule has 22 nitrogen and oxygen atoms in total. The smallest absolute Gasteiger partial charge is 0.342 e. The average molecular weight is 1060 g/mol. The Kier molecular flexibility index (Phi) is 17.9. The number of para-hydroxylation sites is 2. The van der Waals surface area contributed by atoms with Gasteiger partial charge in [0, 0.05) is 89.3 Å². The second-order valence-electron chi connectivity index (χ2n) is 20.1. The number of ether oxygens (including phenoxy) is 2. The van der Waals surface area contributed by atoms with Crippen LogP contribution in [-0.2, 0) is 23.6 Å². The minimum absolute atomic E-state index is 0.0394. The highest BCUT2D eigenvalue weighted by Gasteiger charge is 2.26. The van der Waals surface area contributed by atoms with Crippen LogP contribution in [0.1, 0.15) is 59.5 Å². The van der Waals surface area contributed by atoms with Crippen LogP contribution in [0, 0.1) is 24.0 Å². The van der Waals surface area contributed by atoms with Gasteiger partial charge in [-0.25, -0.2) is 29.5 Å². The van der Waals surface area contributed by atoms with Crippen molar-refractivity contribution >= 4 is 79.8 Å². The first-order valence-electron chi connectivity index (χ1n) is 25.5. The maximum absolute atomic E-state index is 13.0. The summed E-state index contributed by atoms with van der Waals surface area (Å²) in [4.78, 5) is 63.9. The van der Waals surface area contributed by atoms with Crippen LogP contribution in [0.25, 0.3) is 44.6 Å². The van der Waals surface area contributed by atoms with Gasteiger partial charge in [-0.1, -0.05) is 36.4 Å². The molecule has 0 atom stereocenters. The van der Waals surface area contributed by atoms with Crippen LogP contribution < -0.4 is 26.2 Å². The van der Waals surface area contributed by atoms with Crippen molar-refractivity contribution < 1.29 is 24.0 Å². The molecule has 0 unspecified atom stereocenters. The molecule has 0 aliphatic carbocycles. The van der Waals surface area contributed by atoms with Crippen molar-refractivity contribution in [2.24, 2.45) is 14.1 Å². The topological polar surface area (TPSA) is 246 Å². The number of hydrogen-bond acceptors (Lipinski definition) is 19. The van der Waals surface area contributed by atoms with Crippen LogP contribution in [0.3, 0.4) is 0 Å². The zero-order valence-electron chi connectivity index (χ0n) is 46.9. The summed E-state index contributed by atoms with van der Waals surface area (Å²) in [6, 6.07) is 22.6. The molecule has 4 N–H and O–H groups in total. The van der Waals surface area contributed by atoms with Crippen LogP contribution in [0.15, 0.2) is 85.2 Å². The number of esters is 2. The molecular formula is C56H70N16O6. The summed E-state index contributed by atoms with van der Waals surface area (Å²) in [5.74, 6) is -0.575. The molecule has 0 aliphatic rings. The van der Waals surface area contributed by atoms with Crippen molar-refractivity contribution in [1.82, 2.24) is 49.3 Å². The number of carbonyl (C=O) groups excluding carboxylic acids is 2. The van der Waals surface area contributed by atoms with E-state index in [9.17, 15) is 19.7 Å². The zero-order chi connectivity index (χ0) is 56.7. The summed E-state index contributed by atoms with van der Waals surface area (Å²) in [6.45, 7) is 14.1. The van der Waals surface area contributed by atoms with Gasteiger partial charge >= 0.3 is 11.9 Å². The van der Waals surface area contributed by atoms with Gasteiger partial charge in [-0.15, -0.1) is 0 Å². The highest BCUT2D eigenvalue weighted by molar-refractivity contribution is 6.02. The number of benzene rings is 4. The number of nitro benzene ring substituents is 1. The number of rotatable bonds is 19. The van der Waals surface area contributed by atoms with E-state index in [1.807, 2.05) is 135 Å². The van der Waals surface area contributed by atoms with Crippen LogP contribution in [0.2, 0.25) is 0 Å². The number of nitrogen functional groups attached to an aromatic ring is 1. The van der Waals surface area contributed by atoms with Crippen molar-refractivity contribution in [3.05, 3.63) is 118 Å². The maximum Gasteiger partial charge on any atom is 0.342 e. The second-order valence-corrected chi connectivity index (χ2v) is 20.1. The Hall–Kier alpha value is -8.76. The van der Waals surface area contributed by atoms with Gasteiger partial charge in [-0.2, -0.15) is 10.2 Å². The van der Waals surface area contributed by atoms with E-state index in [-0.39, 0.29) is 35.0 Å². The van der Waals surface area contributed by atoms with Crippen LogP contribution in [-0.4, -0.2) is 147 Å². The molecule has 8 rings (SSSR count). The lowest BCUT2D eigenvalue weighted by Gasteiger charge is -2.24. The molecule has 22 heteroatoms. The Morgan fingerprint density at radius 3 is 1.46 bits per heavy atom. The van der Waals surface area contributed by atoms with Gasteiger partial charge in [0.25, 0.3) is 5.69 Å². The molecule has 78 heavy (non-hydrogen) atoms. The third-order valence-corrected chi connectivity index (χ3v) is 12.6. The number of aryl methyl sites for hydroxylation is 4. The van der Waals surface area contributed by atoms with E-state index in [1.54, 1.807) is 43.1 Å². The molecule has 4 heterocycles. The van der Waals surface area contributed by atoms with E-state index < -0.39 is 16.9 Å². The SMILES string of the molecule is Cc1cc(N(C)CCN(C)C)c(N)cc1Nc1ncc(C(=O)OC(C)C)c(-c2nn(C)c3ccccc23)n1.Cc1cc(N(C)CCN(C)C)c([N+](=O)[O-])cc1Nc1ncc(C(=O)OC(C)C)c(-c2nn(C)c3ccccc23)n1. The minimum atomic E-state index is -0.566. The quantitative estimate of drug-likeness (QED) is 0.0296. The van der Waals surface area contributed by atoms with E-state index >= 15 is 0 Å². The molecular weight excluding hydrogens is 993 g/mol. The number of nitrogens with zero attached hydrogens (tertiary/aromatic N) is 13. The number of carbonyl (C=O) groups is 2. The molecule has 4 aromatic heterocycles. The Morgan fingerprint density at radius 2 is 1.04 bits per heavy atom. The average Bonchev–Trinajstić information content (AvgIpc) is 3.95. The molecule has 0 aliphatic heterocycles. The lowest BCUT2D eigenvalue weighted by molar-refractivity contribution is -0.384. The fourth-order valence-corrected chi connectivity index (χ4v) is 8.50. The van der Waals surface area contributed by atoms with Gasteiger partial charge in [0.1, 0.15) is 39.6 Å². The van der Waals surface area contributed by atoms with Gasteiger partial charge in [0.05, 0.1) is 45.2 Å². The third-order valence-electron chi connectivity index (χ3n) is 12.6. The molecule has 8 aromatic rings. The van der Waals surface area contributed by atoms with E-state index in [2.05, 4.69) is 51.6 Å². The van der Waals surface area contributed by atoms with E-state index in [1.165, 1.54) is 18.5 Å². The molecule has 4 aromatic carbocycles. The maximum atomic E-state index is 13.0. The third kappa shape index (κ3) is 13.2. The highest BCUT2D eigenvalue weighted by Crippen LogP contribution is 2.37. The Balaban J connectivity index is 0.000000226. The lowest BCUT2D eigenvalue weighted by Crippen LogP contribution is -2.29. The molecule has 0 amide bonds. The fourth-order valence-electron chi connectivity index (χ4n) is 8.50. The Morgan fingerprint density at radius 1 is 0.628 bits per heavy atom. The molecule has 0 saturated carbocycles. The number of likely N-dealkylation sites (N-methyl/N-ethyl adjacent to an activating group) is 4. The summed E-state index contributed by atoms with van der Waals surface area (Å²) in [5, 5.41) is 29.4. The van der Waals surface area contributed by atoms with Crippen molar-refractivity contribution in [2.75, 3.05) is 94.6 Å².